The molecule has 440 valence electrons. The van der Waals surface area contributed by atoms with Gasteiger partial charge in [-0.1, -0.05) is 70.2 Å². The Kier molecular flexibility index (Phi) is 26.8. The number of aliphatic imine (C=N–C) groups is 2. The number of primary amides is 2. The van der Waals surface area contributed by atoms with E-state index >= 15 is 0 Å². The second-order valence-corrected chi connectivity index (χ2v) is 19.7. The van der Waals surface area contributed by atoms with Crippen molar-refractivity contribution < 1.29 is 52.7 Å². The van der Waals surface area contributed by atoms with E-state index in [-0.39, 0.29) is 95.8 Å². The van der Waals surface area contributed by atoms with Crippen molar-refractivity contribution in [1.82, 2.24) is 36.8 Å². The van der Waals surface area contributed by atoms with Gasteiger partial charge in [0.15, 0.2) is 23.2 Å². The number of ether oxygens (including phenoxy) is 1. The largest absolute Gasteiger partial charge is 0.494 e. The molecule has 2 aromatic carbocycles. The third kappa shape index (κ3) is 20.5. The van der Waals surface area contributed by atoms with E-state index in [0.29, 0.717) is 17.9 Å². The maximum atomic E-state index is 14.9. The number of nitrogens with two attached hydrogens (primary N) is 7. The first-order chi connectivity index (χ1) is 37.9. The van der Waals surface area contributed by atoms with Crippen LogP contribution < -0.4 is 76.8 Å². The zero-order valence-electron chi connectivity index (χ0n) is 46.3. The van der Waals surface area contributed by atoms with Crippen LogP contribution in [-0.2, 0) is 60.8 Å². The molecule has 0 radical (unpaired) electrons. The normalized spacial score (nSPS) is 15.9. The molecule has 3 rings (SSSR count). The van der Waals surface area contributed by atoms with Gasteiger partial charge in [0.1, 0.15) is 42.0 Å². The highest BCUT2D eigenvalue weighted by Gasteiger charge is 2.51. The van der Waals surface area contributed by atoms with Crippen molar-refractivity contribution in [2.75, 3.05) is 26.2 Å². The number of hydrogen-bond acceptors (Lipinski definition) is 14. The molecule has 2 aromatic rings. The van der Waals surface area contributed by atoms with Crippen molar-refractivity contribution in [3.05, 3.63) is 65.7 Å². The van der Waals surface area contributed by atoms with Gasteiger partial charge >= 0.3 is 0 Å². The van der Waals surface area contributed by atoms with E-state index < -0.39 is 119 Å². The molecule has 1 heterocycles. The van der Waals surface area contributed by atoms with E-state index in [1.807, 2.05) is 6.92 Å². The minimum atomic E-state index is -2.36. The van der Waals surface area contributed by atoms with Gasteiger partial charge in [-0.05, 0) is 87.5 Å². The summed E-state index contributed by atoms with van der Waals surface area (Å²) in [5.41, 5.74) is 38.3. The predicted octanol–water partition coefficient (Wildman–Crippen LogP) is -3.02. The quantitative estimate of drug-likeness (QED) is 0.0144. The van der Waals surface area contributed by atoms with Gasteiger partial charge in [0.05, 0.1) is 19.1 Å². The highest BCUT2D eigenvalue weighted by atomic mass is 16.5. The molecule has 0 aliphatic carbocycles. The topological polar surface area (TPSA) is 462 Å². The summed E-state index contributed by atoms with van der Waals surface area (Å²) in [7, 11) is 0. The summed E-state index contributed by atoms with van der Waals surface area (Å²) >= 11 is 0. The Morgan fingerprint density at radius 3 is 1.76 bits per heavy atom. The van der Waals surface area contributed by atoms with Crippen LogP contribution >= 0.6 is 0 Å². The van der Waals surface area contributed by atoms with Crippen LogP contribution in [0.4, 0.5) is 0 Å². The second-order valence-electron chi connectivity index (χ2n) is 19.7. The number of nitrogens with zero attached hydrogens (tertiary/aromatic N) is 3. The van der Waals surface area contributed by atoms with Crippen molar-refractivity contribution >= 4 is 70.9 Å². The Labute approximate surface area is 465 Å². The second kappa shape index (κ2) is 32.5. The van der Waals surface area contributed by atoms with Crippen LogP contribution in [0.5, 0.6) is 5.75 Å². The summed E-state index contributed by atoms with van der Waals surface area (Å²) in [5, 5.41) is 15.6. The summed E-state index contributed by atoms with van der Waals surface area (Å²) in [5.74, 6) is -9.25. The van der Waals surface area contributed by atoms with Crippen LogP contribution in [0, 0.1) is 5.92 Å². The lowest BCUT2D eigenvalue weighted by molar-refractivity contribution is -0.152. The molecule has 27 heteroatoms. The van der Waals surface area contributed by atoms with Gasteiger partial charge in [0, 0.05) is 32.5 Å². The van der Waals surface area contributed by atoms with E-state index in [2.05, 4.69) is 41.9 Å². The smallest absolute Gasteiger partial charge is 0.256 e. The fourth-order valence-corrected chi connectivity index (χ4v) is 8.94. The molecule has 0 spiro atoms. The molecule has 80 heavy (non-hydrogen) atoms. The molecule has 0 saturated carbocycles. The highest BCUT2D eigenvalue weighted by molar-refractivity contribution is 6.14. The van der Waals surface area contributed by atoms with E-state index in [0.717, 1.165) is 10.5 Å². The lowest BCUT2D eigenvalue weighted by atomic mass is 9.86. The number of nitrogens with one attached hydrogen (secondary N) is 6. The average molecular weight is 1120 g/mol. The Balaban J connectivity index is 1.89. The van der Waals surface area contributed by atoms with Crippen molar-refractivity contribution in [1.29, 1.82) is 0 Å². The van der Waals surface area contributed by atoms with Gasteiger partial charge in [0.2, 0.25) is 47.3 Å². The molecule has 27 nitrogen and oxygen atoms in total. The van der Waals surface area contributed by atoms with Crippen molar-refractivity contribution in [2.45, 2.75) is 153 Å². The van der Waals surface area contributed by atoms with Crippen molar-refractivity contribution in [2.24, 2.45) is 56.0 Å². The maximum absolute atomic E-state index is 14.9. The fraction of sp³-hybridized carbons (Fsp3) is 0.547. The summed E-state index contributed by atoms with van der Waals surface area (Å²) < 4.78 is 5.50. The number of guanidine groups is 2. The Hall–Kier alpha value is -8.36. The summed E-state index contributed by atoms with van der Waals surface area (Å²) in [4.78, 5) is 147. The Morgan fingerprint density at radius 2 is 1.23 bits per heavy atom. The van der Waals surface area contributed by atoms with E-state index in [4.69, 9.17) is 44.9 Å². The number of carbonyl (C=O) groups excluding carboxylic acids is 10. The van der Waals surface area contributed by atoms with Crippen molar-refractivity contribution in [3.8, 4) is 5.75 Å². The van der Waals surface area contributed by atoms with Gasteiger partial charge in [0.25, 0.3) is 5.91 Å². The standard InChI is InChI=1S/C53H82N16O11/c1-6-40(70)53(7-2,50(79)69-26-14-19-39(69)48(77)64-36(18-13-25-62-52(59)60)45(74)63-35(43(56)72)17-12-24-61-51(57)58)68-47(76)38(29-41(55)71)66-49(78)42(30(4)5)67-46(75)37(28-31-15-10-9-11-16-31)65-44(73)34(54)27-32-20-22-33(23-21-32)80-8-3/h9-11,15-16,20-23,30,34-39,42H,6-8,12-14,17-19,24-29,54H2,1-5H3,(H2,55,71)(H2,56,72)(H,63,74)(H,64,77)(H,65,73)(H,66,78)(H,67,75)(H,68,76)(H4,57,58,61)(H4,59,60,62)/t34-,35-,36-,37-,38-,39-,42-,53?/m0/s1. The summed E-state index contributed by atoms with van der Waals surface area (Å²) in [6.07, 6.45) is -0.601. The van der Waals surface area contributed by atoms with Crippen LogP contribution in [0.1, 0.15) is 104 Å². The number of carbonyl (C=O) groups is 10. The minimum Gasteiger partial charge on any atom is -0.494 e. The molecule has 8 atom stereocenters. The van der Waals surface area contributed by atoms with Gasteiger partial charge < -0.3 is 81.7 Å². The predicted molar refractivity (Wildman–Crippen MR) is 298 cm³/mol. The fourth-order valence-electron chi connectivity index (χ4n) is 8.94. The van der Waals surface area contributed by atoms with Crippen LogP contribution in [0.25, 0.3) is 0 Å². The number of hydrogen-bond donors (Lipinski definition) is 13. The van der Waals surface area contributed by atoms with Crippen LogP contribution in [0.2, 0.25) is 0 Å². The minimum absolute atomic E-state index is 0.0108. The molecule has 1 unspecified atom stereocenters. The molecule has 0 aromatic heterocycles. The van der Waals surface area contributed by atoms with Gasteiger partial charge in [-0.2, -0.15) is 0 Å². The molecule has 1 aliphatic rings. The molecule has 0 bridgehead atoms. The van der Waals surface area contributed by atoms with Gasteiger partial charge in [-0.3, -0.25) is 57.9 Å². The van der Waals surface area contributed by atoms with Gasteiger partial charge in [-0.25, -0.2) is 0 Å². The molecule has 20 N–H and O–H groups in total. The third-order valence-electron chi connectivity index (χ3n) is 13.3. The number of rotatable bonds is 34. The van der Waals surface area contributed by atoms with Crippen molar-refractivity contribution in [3.63, 3.8) is 0 Å². The van der Waals surface area contributed by atoms with E-state index in [1.165, 1.54) is 13.8 Å². The molecule has 1 aliphatic heterocycles. The molecule has 1 saturated heterocycles. The van der Waals surface area contributed by atoms with Gasteiger partial charge in [-0.15, -0.1) is 0 Å². The zero-order valence-corrected chi connectivity index (χ0v) is 46.3. The maximum Gasteiger partial charge on any atom is 0.256 e. The van der Waals surface area contributed by atoms with Crippen LogP contribution in [0.15, 0.2) is 64.6 Å². The lowest BCUT2D eigenvalue weighted by Gasteiger charge is -2.37. The first kappa shape index (κ1) is 65.9. The number of Topliss-reactive ketones (excluding diaryl/α,β-unsaturated/α-hetero) is 1. The Bertz CT molecular complexity index is 2520. The summed E-state index contributed by atoms with van der Waals surface area (Å²) in [6.45, 7) is 8.56. The molecular weight excluding hydrogens is 1040 g/mol. The molecule has 1 fully saturated rings. The Morgan fingerprint density at radius 1 is 0.662 bits per heavy atom. The average Bonchev–Trinajstić information content (AvgIpc) is 3.91. The number of ketones is 1. The number of likely N-dealkylation sites (tertiary alicyclic amines) is 1. The highest BCUT2D eigenvalue weighted by Crippen LogP contribution is 2.26. The number of amides is 9. The third-order valence-corrected chi connectivity index (χ3v) is 13.3. The SMILES string of the molecule is CCOc1ccc(C[C@H](N)C(=O)N[C@@H](Cc2ccccc2)C(=O)N[C@H](C(=O)N[C@@H](CC(N)=O)C(=O)NC(CC)(C(=O)CC)C(=O)N2CCC[C@H]2C(=O)N[C@@H](CCCN=C(N)N)C(=O)N[C@@H](CCCN=C(N)N)C(N)=O)C(C)C)cc1. The monoisotopic (exact) mass is 1120 g/mol. The molecular formula is C53H82N16O11. The summed E-state index contributed by atoms with van der Waals surface area (Å²) in [6, 6.07) is 6.49. The first-order valence-electron chi connectivity index (χ1n) is 26.7. The lowest BCUT2D eigenvalue weighted by Crippen LogP contribution is -2.68. The molecule has 9 amide bonds. The van der Waals surface area contributed by atoms with Crippen LogP contribution in [-0.4, -0.2) is 150 Å². The number of benzene rings is 2. The van der Waals surface area contributed by atoms with E-state index in [9.17, 15) is 47.9 Å². The van der Waals surface area contributed by atoms with E-state index in [1.54, 1.807) is 68.4 Å². The first-order valence-corrected chi connectivity index (χ1v) is 26.7. The van der Waals surface area contributed by atoms with Crippen LogP contribution in [0.3, 0.4) is 0 Å². The zero-order chi connectivity index (χ0) is 59.7.